The Bertz CT molecular complexity index is 226. The summed E-state index contributed by atoms with van der Waals surface area (Å²) in [5, 5.41) is 0. The van der Waals surface area contributed by atoms with Crippen LogP contribution in [0.4, 0.5) is 0 Å². The van der Waals surface area contributed by atoms with Gasteiger partial charge in [-0.2, -0.15) is 0 Å². The molecular weight excluding hydrogens is 150 g/mol. The van der Waals surface area contributed by atoms with Crippen LogP contribution in [0.15, 0.2) is 28.4 Å². The van der Waals surface area contributed by atoms with Crippen LogP contribution in [-0.2, 0) is 4.74 Å². The van der Waals surface area contributed by atoms with Crippen molar-refractivity contribution < 1.29 is 4.74 Å². The Balaban J connectivity index is 2.63. The highest BCUT2D eigenvalue weighted by atomic mass is 16.5. The van der Waals surface area contributed by atoms with Gasteiger partial charge in [0.25, 0.3) is 0 Å². The van der Waals surface area contributed by atoms with Crippen molar-refractivity contribution in [3.8, 4) is 0 Å². The van der Waals surface area contributed by atoms with Crippen LogP contribution in [0.2, 0.25) is 0 Å². The van der Waals surface area contributed by atoms with Gasteiger partial charge < -0.3 is 4.74 Å². The normalized spacial score (nSPS) is 29.2. The third-order valence-electron chi connectivity index (χ3n) is 1.76. The average Bonchev–Trinajstić information content (AvgIpc) is 2.04. The van der Waals surface area contributed by atoms with E-state index in [1.165, 1.54) is 5.57 Å². The molecule has 0 amide bonds. The zero-order chi connectivity index (χ0) is 8.81. The molecule has 0 aromatic carbocycles. The number of methoxy groups -OCH3 is 1. The molecule has 0 aliphatic carbocycles. The van der Waals surface area contributed by atoms with Gasteiger partial charge in [-0.3, -0.25) is 4.99 Å². The number of aliphatic imine (C=N–C) groups is 1. The van der Waals surface area contributed by atoms with Crippen molar-refractivity contribution in [2.24, 2.45) is 4.99 Å². The summed E-state index contributed by atoms with van der Waals surface area (Å²) >= 11 is 0. The smallest absolute Gasteiger partial charge is 0.0724 e. The monoisotopic (exact) mass is 165 g/mol. The number of ether oxygens (including phenoxy) is 1. The Labute approximate surface area is 73.6 Å². The first-order valence-corrected chi connectivity index (χ1v) is 4.21. The van der Waals surface area contributed by atoms with Crippen molar-refractivity contribution in [1.82, 2.24) is 0 Å². The van der Waals surface area contributed by atoms with Crippen molar-refractivity contribution in [2.75, 3.05) is 13.7 Å². The number of allylic oxidation sites excluding steroid dienone is 3. The van der Waals surface area contributed by atoms with Gasteiger partial charge in [0.2, 0.25) is 0 Å². The second-order valence-corrected chi connectivity index (χ2v) is 2.89. The Morgan fingerprint density at radius 2 is 2.17 bits per heavy atom. The zero-order valence-corrected chi connectivity index (χ0v) is 7.71. The van der Waals surface area contributed by atoms with Crippen LogP contribution >= 0.6 is 0 Å². The van der Waals surface area contributed by atoms with E-state index in [1.807, 2.05) is 13.1 Å². The molecule has 0 atom stereocenters. The predicted octanol–water partition coefficient (Wildman–Crippen LogP) is 2.33. The lowest BCUT2D eigenvalue weighted by atomic mass is 10.1. The van der Waals surface area contributed by atoms with E-state index in [0.29, 0.717) is 6.61 Å². The molecule has 0 spiro atoms. The molecule has 0 aromatic rings. The first kappa shape index (κ1) is 9.20. The Morgan fingerprint density at radius 1 is 1.42 bits per heavy atom. The number of hydrogen-bond acceptors (Lipinski definition) is 2. The molecule has 1 heterocycles. The minimum Gasteiger partial charge on any atom is -0.380 e. The highest BCUT2D eigenvalue weighted by Crippen LogP contribution is 2.07. The summed E-state index contributed by atoms with van der Waals surface area (Å²) in [6.45, 7) is 2.68. The van der Waals surface area contributed by atoms with E-state index in [0.717, 1.165) is 18.5 Å². The average molecular weight is 165 g/mol. The molecule has 0 radical (unpaired) electrons. The van der Waals surface area contributed by atoms with Gasteiger partial charge in [-0.05, 0) is 25.3 Å². The third-order valence-corrected chi connectivity index (χ3v) is 1.76. The summed E-state index contributed by atoms with van der Waals surface area (Å²) in [5.74, 6) is 0. The van der Waals surface area contributed by atoms with Crippen molar-refractivity contribution >= 4 is 6.21 Å². The van der Waals surface area contributed by atoms with Gasteiger partial charge in [0, 0.05) is 19.0 Å². The second-order valence-electron chi connectivity index (χ2n) is 2.89. The van der Waals surface area contributed by atoms with E-state index in [1.54, 1.807) is 7.11 Å². The van der Waals surface area contributed by atoms with E-state index in [9.17, 15) is 0 Å². The van der Waals surface area contributed by atoms with E-state index in [2.05, 4.69) is 17.1 Å². The second kappa shape index (κ2) is 4.88. The molecule has 66 valence electrons. The first-order valence-electron chi connectivity index (χ1n) is 4.21. The zero-order valence-electron chi connectivity index (χ0n) is 7.71. The maximum atomic E-state index is 5.03. The van der Waals surface area contributed by atoms with Crippen LogP contribution in [0.1, 0.15) is 19.8 Å². The molecule has 0 unspecified atom stereocenters. The standard InChI is InChI=1S/C10H15NO/c1-9-5-3-4-6-10(7-11-9)8-12-2/h5-7H,3-4,8H2,1-2H3/b9-5-,10-6+,11-7+. The summed E-state index contributed by atoms with van der Waals surface area (Å²) in [6, 6.07) is 0. The molecule has 0 saturated heterocycles. The van der Waals surface area contributed by atoms with Gasteiger partial charge >= 0.3 is 0 Å². The molecule has 0 bridgehead atoms. The maximum Gasteiger partial charge on any atom is 0.0724 e. The van der Waals surface area contributed by atoms with Crippen LogP contribution in [-0.4, -0.2) is 19.9 Å². The fourth-order valence-corrected chi connectivity index (χ4v) is 1.11. The first-order chi connectivity index (χ1) is 5.83. The molecule has 0 fully saturated rings. The molecule has 12 heavy (non-hydrogen) atoms. The van der Waals surface area contributed by atoms with Crippen molar-refractivity contribution in [3.63, 3.8) is 0 Å². The Kier molecular flexibility index (Phi) is 3.74. The summed E-state index contributed by atoms with van der Waals surface area (Å²) in [5.41, 5.74) is 2.27. The molecule has 0 N–H and O–H groups in total. The lowest BCUT2D eigenvalue weighted by Crippen LogP contribution is -1.97. The third kappa shape index (κ3) is 3.01. The molecular formula is C10H15NO. The number of nitrogens with zero attached hydrogens (tertiary/aromatic N) is 1. The Morgan fingerprint density at radius 3 is 2.92 bits per heavy atom. The van der Waals surface area contributed by atoms with Crippen LogP contribution in [0.25, 0.3) is 0 Å². The van der Waals surface area contributed by atoms with Gasteiger partial charge in [-0.1, -0.05) is 12.2 Å². The van der Waals surface area contributed by atoms with Crippen molar-refractivity contribution in [2.45, 2.75) is 19.8 Å². The van der Waals surface area contributed by atoms with E-state index < -0.39 is 0 Å². The molecule has 1 aliphatic rings. The minimum absolute atomic E-state index is 0.663. The van der Waals surface area contributed by atoms with E-state index in [4.69, 9.17) is 4.74 Å². The highest BCUT2D eigenvalue weighted by molar-refractivity contribution is 5.79. The lowest BCUT2D eigenvalue weighted by molar-refractivity contribution is 0.230. The lowest BCUT2D eigenvalue weighted by Gasteiger charge is -2.03. The summed E-state index contributed by atoms with van der Waals surface area (Å²) in [4.78, 5) is 4.27. The van der Waals surface area contributed by atoms with Crippen molar-refractivity contribution in [1.29, 1.82) is 0 Å². The fraction of sp³-hybridized carbons (Fsp3) is 0.500. The molecule has 0 saturated carbocycles. The van der Waals surface area contributed by atoms with Crippen molar-refractivity contribution in [3.05, 3.63) is 23.4 Å². The van der Waals surface area contributed by atoms with E-state index >= 15 is 0 Å². The Hall–Kier alpha value is -0.890. The van der Waals surface area contributed by atoms with Gasteiger partial charge in [-0.15, -0.1) is 0 Å². The van der Waals surface area contributed by atoms with Gasteiger partial charge in [0.15, 0.2) is 0 Å². The maximum absolute atomic E-state index is 5.03. The molecule has 0 aromatic heterocycles. The minimum atomic E-state index is 0.663. The van der Waals surface area contributed by atoms with Crippen LogP contribution in [0.5, 0.6) is 0 Å². The quantitative estimate of drug-likeness (QED) is 0.615. The largest absolute Gasteiger partial charge is 0.380 e. The summed E-state index contributed by atoms with van der Waals surface area (Å²) in [6.07, 6.45) is 8.37. The van der Waals surface area contributed by atoms with E-state index in [-0.39, 0.29) is 0 Å². The topological polar surface area (TPSA) is 21.6 Å². The summed E-state index contributed by atoms with van der Waals surface area (Å²) in [7, 11) is 1.70. The van der Waals surface area contributed by atoms with Gasteiger partial charge in [0.1, 0.15) is 0 Å². The fourth-order valence-electron chi connectivity index (χ4n) is 1.11. The molecule has 1 rings (SSSR count). The molecule has 2 heteroatoms. The van der Waals surface area contributed by atoms with Gasteiger partial charge in [-0.25, -0.2) is 0 Å². The van der Waals surface area contributed by atoms with Crippen LogP contribution in [0, 0.1) is 0 Å². The number of rotatable bonds is 2. The predicted molar refractivity (Wildman–Crippen MR) is 51.4 cm³/mol. The van der Waals surface area contributed by atoms with Gasteiger partial charge in [0.05, 0.1) is 6.61 Å². The number of hydrogen-bond donors (Lipinski definition) is 0. The van der Waals surface area contributed by atoms with Crippen LogP contribution < -0.4 is 0 Å². The summed E-state index contributed by atoms with van der Waals surface area (Å²) < 4.78 is 5.03. The van der Waals surface area contributed by atoms with Crippen LogP contribution in [0.3, 0.4) is 0 Å². The highest BCUT2D eigenvalue weighted by Gasteiger charge is 1.95. The molecule has 2 nitrogen and oxygen atoms in total. The SMILES string of the molecule is COCC1=C\CC\C=C(C)/N=C/1. The molecule has 1 aliphatic heterocycles.